The molecule has 2 aromatic rings. The zero-order valence-corrected chi connectivity index (χ0v) is 16.1. The number of methoxy groups -OCH3 is 3. The molecule has 0 bridgehead atoms. The Hall–Kier alpha value is -3.02. The van der Waals surface area contributed by atoms with Crippen molar-refractivity contribution in [2.45, 2.75) is 19.8 Å². The first kappa shape index (κ1) is 20.3. The molecule has 0 aliphatic carbocycles. The lowest BCUT2D eigenvalue weighted by molar-refractivity contribution is -0.120. The van der Waals surface area contributed by atoms with Crippen molar-refractivity contribution in [3.05, 3.63) is 53.1 Å². The third kappa shape index (κ3) is 5.48. The van der Waals surface area contributed by atoms with E-state index in [1.807, 2.05) is 18.2 Å². The highest BCUT2D eigenvalue weighted by atomic mass is 16.5. The Kier molecular flexibility index (Phi) is 7.23. The van der Waals surface area contributed by atoms with Gasteiger partial charge in [0, 0.05) is 17.7 Å². The van der Waals surface area contributed by atoms with Crippen LogP contribution in [-0.2, 0) is 17.6 Å². The molecular formula is C21H25NO5. The molecule has 6 nitrogen and oxygen atoms in total. The van der Waals surface area contributed by atoms with Crippen molar-refractivity contribution in [3.63, 3.8) is 0 Å². The van der Waals surface area contributed by atoms with Gasteiger partial charge >= 0.3 is 0 Å². The first-order valence-corrected chi connectivity index (χ1v) is 8.64. The number of Topliss-reactive ketones (excluding diaryl/α,β-unsaturated/α-hetero) is 1. The predicted molar refractivity (Wildman–Crippen MR) is 103 cm³/mol. The van der Waals surface area contributed by atoms with Crippen LogP contribution in [0.1, 0.15) is 28.4 Å². The average Bonchev–Trinajstić information content (AvgIpc) is 2.67. The fourth-order valence-electron chi connectivity index (χ4n) is 2.75. The summed E-state index contributed by atoms with van der Waals surface area (Å²) >= 11 is 0. The third-order valence-corrected chi connectivity index (χ3v) is 4.22. The van der Waals surface area contributed by atoms with Gasteiger partial charge in [-0.1, -0.05) is 6.07 Å². The van der Waals surface area contributed by atoms with Gasteiger partial charge in [0.05, 0.1) is 27.8 Å². The summed E-state index contributed by atoms with van der Waals surface area (Å²) in [6.07, 6.45) is 0.812. The minimum absolute atomic E-state index is 0.0484. The van der Waals surface area contributed by atoms with E-state index in [0.717, 1.165) is 5.56 Å². The Labute approximate surface area is 159 Å². The van der Waals surface area contributed by atoms with E-state index in [1.54, 1.807) is 39.5 Å². The van der Waals surface area contributed by atoms with E-state index < -0.39 is 0 Å². The standard InChI is InChI=1S/C21H25NO5/c1-14(23)16-6-8-18(25-2)17(12-16)13-21(24)22-10-9-15-5-7-19(26-3)20(11-15)27-4/h5-8,11-12H,9-10,13H2,1-4H3,(H,22,24). The van der Waals surface area contributed by atoms with E-state index in [2.05, 4.69) is 5.32 Å². The molecule has 1 amide bonds. The first-order chi connectivity index (χ1) is 13.0. The number of hydrogen-bond acceptors (Lipinski definition) is 5. The summed E-state index contributed by atoms with van der Waals surface area (Å²) in [5.41, 5.74) is 2.28. The van der Waals surface area contributed by atoms with E-state index in [0.29, 0.717) is 41.3 Å². The smallest absolute Gasteiger partial charge is 0.224 e. The van der Waals surface area contributed by atoms with E-state index in [4.69, 9.17) is 14.2 Å². The van der Waals surface area contributed by atoms with Gasteiger partial charge in [-0.05, 0) is 49.2 Å². The highest BCUT2D eigenvalue weighted by Crippen LogP contribution is 2.27. The summed E-state index contributed by atoms with van der Waals surface area (Å²) in [6, 6.07) is 10.8. The predicted octanol–water partition coefficient (Wildman–Crippen LogP) is 2.82. The molecule has 0 aliphatic rings. The van der Waals surface area contributed by atoms with Gasteiger partial charge in [0.15, 0.2) is 17.3 Å². The Morgan fingerprint density at radius 1 is 0.889 bits per heavy atom. The van der Waals surface area contributed by atoms with Crippen LogP contribution in [0.5, 0.6) is 17.2 Å². The van der Waals surface area contributed by atoms with Crippen molar-refractivity contribution in [3.8, 4) is 17.2 Å². The lowest BCUT2D eigenvalue weighted by Gasteiger charge is -2.11. The molecule has 1 N–H and O–H groups in total. The second-order valence-electron chi connectivity index (χ2n) is 6.05. The number of amides is 1. The number of hydrogen-bond donors (Lipinski definition) is 1. The third-order valence-electron chi connectivity index (χ3n) is 4.22. The minimum Gasteiger partial charge on any atom is -0.496 e. The van der Waals surface area contributed by atoms with Crippen molar-refractivity contribution in [2.75, 3.05) is 27.9 Å². The number of rotatable bonds is 9. The van der Waals surface area contributed by atoms with Gasteiger partial charge < -0.3 is 19.5 Å². The Morgan fingerprint density at radius 3 is 2.19 bits per heavy atom. The van der Waals surface area contributed by atoms with Crippen LogP contribution in [0.2, 0.25) is 0 Å². The Bertz CT molecular complexity index is 816. The van der Waals surface area contributed by atoms with Crippen LogP contribution in [0.3, 0.4) is 0 Å². The largest absolute Gasteiger partial charge is 0.496 e. The number of carbonyl (C=O) groups excluding carboxylic acids is 2. The summed E-state index contributed by atoms with van der Waals surface area (Å²) in [7, 11) is 4.72. The Balaban J connectivity index is 1.95. The van der Waals surface area contributed by atoms with Gasteiger partial charge in [0.1, 0.15) is 5.75 Å². The molecule has 0 saturated carbocycles. The zero-order valence-electron chi connectivity index (χ0n) is 16.1. The first-order valence-electron chi connectivity index (χ1n) is 8.64. The summed E-state index contributed by atoms with van der Waals surface area (Å²) < 4.78 is 15.8. The molecule has 144 valence electrons. The normalized spacial score (nSPS) is 10.2. The molecule has 2 rings (SSSR count). The highest BCUT2D eigenvalue weighted by Gasteiger charge is 2.12. The Morgan fingerprint density at radius 2 is 1.56 bits per heavy atom. The number of ether oxygens (including phenoxy) is 3. The minimum atomic E-state index is -0.130. The average molecular weight is 371 g/mol. The van der Waals surface area contributed by atoms with Crippen LogP contribution < -0.4 is 19.5 Å². The molecular weight excluding hydrogens is 346 g/mol. The number of benzene rings is 2. The maximum absolute atomic E-state index is 12.3. The molecule has 0 heterocycles. The maximum atomic E-state index is 12.3. The summed E-state index contributed by atoms with van der Waals surface area (Å²) in [5, 5.41) is 2.89. The molecule has 27 heavy (non-hydrogen) atoms. The summed E-state index contributed by atoms with van der Waals surface area (Å²) in [4.78, 5) is 23.8. The van der Waals surface area contributed by atoms with Gasteiger partial charge in [-0.2, -0.15) is 0 Å². The van der Waals surface area contributed by atoms with E-state index in [1.165, 1.54) is 6.92 Å². The van der Waals surface area contributed by atoms with Crippen molar-refractivity contribution in [1.82, 2.24) is 5.32 Å². The molecule has 0 radical (unpaired) electrons. The molecule has 0 spiro atoms. The van der Waals surface area contributed by atoms with Gasteiger partial charge in [0.2, 0.25) is 5.91 Å². The second kappa shape index (κ2) is 9.62. The van der Waals surface area contributed by atoms with Crippen LogP contribution in [0.25, 0.3) is 0 Å². The zero-order chi connectivity index (χ0) is 19.8. The SMILES string of the molecule is COc1ccc(C(C)=O)cc1CC(=O)NCCc1ccc(OC)c(OC)c1. The second-order valence-corrected chi connectivity index (χ2v) is 6.05. The van der Waals surface area contributed by atoms with Crippen LogP contribution in [0.15, 0.2) is 36.4 Å². The van der Waals surface area contributed by atoms with Crippen LogP contribution in [-0.4, -0.2) is 39.6 Å². The van der Waals surface area contributed by atoms with Gasteiger partial charge in [-0.3, -0.25) is 9.59 Å². The van der Waals surface area contributed by atoms with Crippen LogP contribution in [0, 0.1) is 0 Å². The highest BCUT2D eigenvalue weighted by molar-refractivity contribution is 5.94. The topological polar surface area (TPSA) is 73.9 Å². The summed E-state index contributed by atoms with van der Waals surface area (Å²) in [5.74, 6) is 1.74. The van der Waals surface area contributed by atoms with Gasteiger partial charge in [0.25, 0.3) is 0 Å². The van der Waals surface area contributed by atoms with E-state index >= 15 is 0 Å². The number of ketones is 1. The van der Waals surface area contributed by atoms with Crippen molar-refractivity contribution >= 4 is 11.7 Å². The van der Waals surface area contributed by atoms with Crippen LogP contribution >= 0.6 is 0 Å². The van der Waals surface area contributed by atoms with Crippen molar-refractivity contribution in [2.24, 2.45) is 0 Å². The molecule has 2 aromatic carbocycles. The molecule has 0 aromatic heterocycles. The van der Waals surface area contributed by atoms with E-state index in [-0.39, 0.29) is 18.1 Å². The molecule has 0 fully saturated rings. The van der Waals surface area contributed by atoms with Gasteiger partial charge in [-0.25, -0.2) is 0 Å². The number of nitrogens with one attached hydrogen (secondary N) is 1. The van der Waals surface area contributed by atoms with Crippen molar-refractivity contribution in [1.29, 1.82) is 0 Å². The van der Waals surface area contributed by atoms with Crippen LogP contribution in [0.4, 0.5) is 0 Å². The maximum Gasteiger partial charge on any atom is 0.224 e. The lowest BCUT2D eigenvalue weighted by Crippen LogP contribution is -2.27. The van der Waals surface area contributed by atoms with Crippen molar-refractivity contribution < 1.29 is 23.8 Å². The molecule has 6 heteroatoms. The fraction of sp³-hybridized carbons (Fsp3) is 0.333. The number of carbonyl (C=O) groups is 2. The molecule has 0 unspecified atom stereocenters. The van der Waals surface area contributed by atoms with Gasteiger partial charge in [-0.15, -0.1) is 0 Å². The van der Waals surface area contributed by atoms with E-state index in [9.17, 15) is 9.59 Å². The lowest BCUT2D eigenvalue weighted by atomic mass is 10.0. The summed E-state index contributed by atoms with van der Waals surface area (Å²) in [6.45, 7) is 1.98. The molecule has 0 aliphatic heterocycles. The monoisotopic (exact) mass is 371 g/mol. The molecule has 0 atom stereocenters. The fourth-order valence-corrected chi connectivity index (χ4v) is 2.75. The quantitative estimate of drug-likeness (QED) is 0.686. The molecule has 0 saturated heterocycles.